The third-order valence-electron chi connectivity index (χ3n) is 5.56. The molecule has 0 unspecified atom stereocenters. The fourth-order valence-electron chi connectivity index (χ4n) is 3.31. The van der Waals surface area contributed by atoms with Gasteiger partial charge in [0.05, 0.1) is 13.2 Å². The molecule has 0 bridgehead atoms. The molecule has 3 rings (SSSR count). The van der Waals surface area contributed by atoms with Gasteiger partial charge in [0.1, 0.15) is 17.2 Å². The molecule has 1 fully saturated rings. The highest BCUT2D eigenvalue weighted by Crippen LogP contribution is 2.49. The third-order valence-corrected chi connectivity index (χ3v) is 5.56. The van der Waals surface area contributed by atoms with Gasteiger partial charge in [0.15, 0.2) is 5.60 Å². The number of carbonyl (C=O) groups excluding carboxylic acids is 1. The second kappa shape index (κ2) is 10.5. The van der Waals surface area contributed by atoms with Crippen LogP contribution in [0, 0.1) is 24.2 Å². The molecule has 1 aliphatic carbocycles. The van der Waals surface area contributed by atoms with Gasteiger partial charge >= 0.3 is 12.3 Å². The van der Waals surface area contributed by atoms with E-state index in [-0.39, 0.29) is 17.8 Å². The number of ether oxygens (including phenoxy) is 4. The Morgan fingerprint density at radius 1 is 1.03 bits per heavy atom. The fourth-order valence-corrected chi connectivity index (χ4v) is 3.31. The number of benzene rings is 2. The van der Waals surface area contributed by atoms with Crippen LogP contribution in [0.4, 0.5) is 13.2 Å². The van der Waals surface area contributed by atoms with Gasteiger partial charge < -0.3 is 18.9 Å². The minimum absolute atomic E-state index is 0.0265. The molecule has 0 atom stereocenters. The minimum Gasteiger partial charge on any atom is -0.493 e. The predicted molar refractivity (Wildman–Crippen MR) is 124 cm³/mol. The lowest BCUT2D eigenvalue weighted by molar-refractivity contribution is -0.274. The molecule has 35 heavy (non-hydrogen) atoms. The monoisotopic (exact) mass is 490 g/mol. The molecule has 2 aromatic rings. The van der Waals surface area contributed by atoms with Crippen LogP contribution >= 0.6 is 0 Å². The Bertz CT molecular complexity index is 1090. The van der Waals surface area contributed by atoms with Crippen LogP contribution < -0.4 is 14.2 Å². The van der Waals surface area contributed by atoms with E-state index in [0.717, 1.165) is 18.4 Å². The average Bonchev–Trinajstić information content (AvgIpc) is 3.54. The number of esters is 1. The van der Waals surface area contributed by atoms with E-state index >= 15 is 0 Å². The van der Waals surface area contributed by atoms with Gasteiger partial charge in [-0.15, -0.1) is 13.2 Å². The Labute approximate surface area is 203 Å². The molecular formula is C27H29F3O5. The molecule has 0 saturated heterocycles. The molecule has 0 radical (unpaired) electrons. The average molecular weight is 491 g/mol. The molecule has 0 aliphatic heterocycles. The Hall–Kier alpha value is -3.34. The summed E-state index contributed by atoms with van der Waals surface area (Å²) in [6, 6.07) is 10.9. The second-order valence-electron chi connectivity index (χ2n) is 9.10. The van der Waals surface area contributed by atoms with E-state index in [1.807, 2.05) is 13.0 Å². The van der Waals surface area contributed by atoms with Gasteiger partial charge in [-0.2, -0.15) is 0 Å². The van der Waals surface area contributed by atoms with Crippen LogP contribution in [-0.2, 0) is 9.53 Å². The molecule has 0 aromatic heterocycles. The maximum absolute atomic E-state index is 12.3. The number of carbonyl (C=O) groups is 1. The van der Waals surface area contributed by atoms with Crippen molar-refractivity contribution < 1.29 is 36.9 Å². The molecule has 1 aliphatic rings. The molecule has 8 heteroatoms. The standard InChI is InChI=1S/C27H29F3O5/c1-5-32-24(31)25(3,4)35-23-13-12-22(17-19(23)2)33-18-26(15-16-26)14-6-7-20-8-10-21(11-9-20)34-27(28,29)30/h8-13,17H,5,14-16,18H2,1-4H3. The quantitative estimate of drug-likeness (QED) is 0.309. The summed E-state index contributed by atoms with van der Waals surface area (Å²) in [7, 11) is 0. The SMILES string of the molecule is CCOC(=O)C(C)(C)Oc1ccc(OCC2(CC#Cc3ccc(OC(F)(F)F)cc3)CC2)cc1C. The Morgan fingerprint density at radius 3 is 2.26 bits per heavy atom. The normalized spacial score (nSPS) is 14.4. The van der Waals surface area contributed by atoms with Crippen molar-refractivity contribution in [2.45, 2.75) is 58.9 Å². The number of alkyl halides is 3. The van der Waals surface area contributed by atoms with Crippen molar-refractivity contribution in [1.29, 1.82) is 0 Å². The van der Waals surface area contributed by atoms with Crippen molar-refractivity contribution in [1.82, 2.24) is 0 Å². The number of halogens is 3. The van der Waals surface area contributed by atoms with Crippen LogP contribution in [0.15, 0.2) is 42.5 Å². The summed E-state index contributed by atoms with van der Waals surface area (Å²) in [5.41, 5.74) is 0.322. The van der Waals surface area contributed by atoms with Crippen molar-refractivity contribution in [2.75, 3.05) is 13.2 Å². The first-order valence-electron chi connectivity index (χ1n) is 11.4. The summed E-state index contributed by atoms with van der Waals surface area (Å²) in [5, 5.41) is 0. The van der Waals surface area contributed by atoms with Crippen molar-refractivity contribution in [3.8, 4) is 29.1 Å². The van der Waals surface area contributed by atoms with E-state index in [1.54, 1.807) is 32.9 Å². The van der Waals surface area contributed by atoms with Crippen LogP contribution in [-0.4, -0.2) is 31.1 Å². The molecule has 188 valence electrons. The minimum atomic E-state index is -4.71. The van der Waals surface area contributed by atoms with Crippen LogP contribution in [0.1, 0.15) is 51.2 Å². The summed E-state index contributed by atoms with van der Waals surface area (Å²) in [6.45, 7) is 7.75. The summed E-state index contributed by atoms with van der Waals surface area (Å²) in [5.74, 6) is 6.68. The first-order valence-corrected chi connectivity index (χ1v) is 11.4. The zero-order valence-corrected chi connectivity index (χ0v) is 20.3. The van der Waals surface area contributed by atoms with Gasteiger partial charge in [0, 0.05) is 17.4 Å². The van der Waals surface area contributed by atoms with E-state index in [9.17, 15) is 18.0 Å². The lowest BCUT2D eigenvalue weighted by Crippen LogP contribution is -2.39. The van der Waals surface area contributed by atoms with Crippen molar-refractivity contribution in [3.05, 3.63) is 53.6 Å². The van der Waals surface area contributed by atoms with Crippen LogP contribution in [0.2, 0.25) is 0 Å². The Morgan fingerprint density at radius 2 is 1.69 bits per heavy atom. The van der Waals surface area contributed by atoms with Crippen LogP contribution in [0.5, 0.6) is 17.2 Å². The van der Waals surface area contributed by atoms with Gasteiger partial charge in [-0.25, -0.2) is 4.79 Å². The van der Waals surface area contributed by atoms with Gasteiger partial charge in [-0.1, -0.05) is 11.8 Å². The van der Waals surface area contributed by atoms with Gasteiger partial charge in [0.2, 0.25) is 0 Å². The lowest BCUT2D eigenvalue weighted by atomic mass is 10.0. The second-order valence-corrected chi connectivity index (χ2v) is 9.10. The Balaban J connectivity index is 1.53. The van der Waals surface area contributed by atoms with Crippen LogP contribution in [0.25, 0.3) is 0 Å². The third kappa shape index (κ3) is 7.84. The lowest BCUT2D eigenvalue weighted by Gasteiger charge is -2.25. The molecule has 0 heterocycles. The smallest absolute Gasteiger partial charge is 0.493 e. The molecule has 0 amide bonds. The summed E-state index contributed by atoms with van der Waals surface area (Å²) >= 11 is 0. The largest absolute Gasteiger partial charge is 0.573 e. The number of aryl methyl sites for hydroxylation is 1. The molecule has 5 nitrogen and oxygen atoms in total. The number of hydrogen-bond acceptors (Lipinski definition) is 5. The highest BCUT2D eigenvalue weighted by molar-refractivity contribution is 5.79. The summed E-state index contributed by atoms with van der Waals surface area (Å²) in [6.07, 6.45) is -2.10. The Kier molecular flexibility index (Phi) is 7.89. The highest BCUT2D eigenvalue weighted by Gasteiger charge is 2.43. The molecular weight excluding hydrogens is 461 g/mol. The first-order chi connectivity index (χ1) is 16.4. The van der Waals surface area contributed by atoms with Crippen molar-refractivity contribution in [3.63, 3.8) is 0 Å². The molecule has 0 N–H and O–H groups in total. The predicted octanol–water partition coefficient (Wildman–Crippen LogP) is 6.21. The van der Waals surface area contributed by atoms with Gasteiger partial charge in [-0.3, -0.25) is 0 Å². The summed E-state index contributed by atoms with van der Waals surface area (Å²) in [4.78, 5) is 12.1. The fraction of sp³-hybridized carbons (Fsp3) is 0.444. The summed E-state index contributed by atoms with van der Waals surface area (Å²) < 4.78 is 57.6. The number of hydrogen-bond donors (Lipinski definition) is 0. The maximum atomic E-state index is 12.3. The van der Waals surface area contributed by atoms with E-state index in [0.29, 0.717) is 30.1 Å². The maximum Gasteiger partial charge on any atom is 0.573 e. The van der Waals surface area contributed by atoms with Gasteiger partial charge in [-0.05, 0) is 88.6 Å². The molecule has 1 saturated carbocycles. The van der Waals surface area contributed by atoms with Crippen molar-refractivity contribution in [2.24, 2.45) is 5.41 Å². The van der Waals surface area contributed by atoms with Gasteiger partial charge in [0.25, 0.3) is 0 Å². The molecule has 0 spiro atoms. The highest BCUT2D eigenvalue weighted by atomic mass is 19.4. The van der Waals surface area contributed by atoms with E-state index in [1.165, 1.54) is 24.3 Å². The number of rotatable bonds is 9. The van der Waals surface area contributed by atoms with E-state index in [2.05, 4.69) is 16.6 Å². The van der Waals surface area contributed by atoms with E-state index < -0.39 is 17.9 Å². The van der Waals surface area contributed by atoms with E-state index in [4.69, 9.17) is 14.2 Å². The van der Waals surface area contributed by atoms with Crippen molar-refractivity contribution >= 4 is 5.97 Å². The topological polar surface area (TPSA) is 54.0 Å². The first kappa shape index (κ1) is 26.3. The van der Waals surface area contributed by atoms with Crippen LogP contribution in [0.3, 0.4) is 0 Å². The molecule has 2 aromatic carbocycles. The zero-order valence-electron chi connectivity index (χ0n) is 20.3. The zero-order chi connectivity index (χ0) is 25.7.